The van der Waals surface area contributed by atoms with Gasteiger partial charge in [0.25, 0.3) is 0 Å². The van der Waals surface area contributed by atoms with E-state index in [-0.39, 0.29) is 0 Å². The molecule has 270 valence electrons. The maximum Gasteiger partial charge on any atom is 0.0645 e. The SMILES string of the molecule is [2H]c1ccccc1N(c1ccccc1)c1ccc2c3cc4c(cc3n3c5ccccc5c1c23)c1ccc(N(c2ccccc2)c2ccccc2[2H])c2c3ccccc3n4c12. The summed E-state index contributed by atoms with van der Waals surface area (Å²) in [4.78, 5) is 4.49. The Labute approximate surface area is 336 Å². The van der Waals surface area contributed by atoms with E-state index in [0.717, 1.165) is 45.2 Å². The van der Waals surface area contributed by atoms with Gasteiger partial charge in [-0.05, 0) is 84.9 Å². The number of anilines is 6. The molecule has 0 unspecified atom stereocenters. The number of para-hydroxylation sites is 6. The van der Waals surface area contributed by atoms with E-state index in [1.165, 1.54) is 65.2 Å². The highest BCUT2D eigenvalue weighted by molar-refractivity contribution is 6.32. The van der Waals surface area contributed by atoms with Crippen molar-refractivity contribution in [3.05, 3.63) is 206 Å². The molecule has 4 aromatic heterocycles. The second-order valence-corrected chi connectivity index (χ2v) is 15.1. The van der Waals surface area contributed by atoms with Gasteiger partial charge in [0.1, 0.15) is 0 Å². The largest absolute Gasteiger partial charge is 0.310 e. The zero-order valence-electron chi connectivity index (χ0n) is 33.3. The third-order valence-corrected chi connectivity index (χ3v) is 12.1. The molecule has 13 rings (SSSR count). The van der Waals surface area contributed by atoms with Gasteiger partial charge in [0, 0.05) is 65.8 Å². The molecule has 4 heterocycles. The summed E-state index contributed by atoms with van der Waals surface area (Å²) in [6, 6.07) is 68.9. The lowest BCUT2D eigenvalue weighted by Crippen LogP contribution is -2.10. The quantitative estimate of drug-likeness (QED) is 0.169. The van der Waals surface area contributed by atoms with E-state index < -0.39 is 0 Å². The fraction of sp³-hybridized carbons (Fsp3) is 0. The van der Waals surface area contributed by atoms with Crippen molar-refractivity contribution in [2.45, 2.75) is 0 Å². The van der Waals surface area contributed by atoms with Gasteiger partial charge in [-0.3, -0.25) is 0 Å². The fourth-order valence-electron chi connectivity index (χ4n) is 9.86. The monoisotopic (exact) mass is 740 g/mol. The third-order valence-electron chi connectivity index (χ3n) is 12.1. The van der Waals surface area contributed by atoms with Crippen molar-refractivity contribution in [1.82, 2.24) is 8.80 Å². The minimum absolute atomic E-state index is 0.472. The first kappa shape index (κ1) is 29.5. The molecule has 0 aliphatic carbocycles. The summed E-state index contributed by atoms with van der Waals surface area (Å²) < 4.78 is 23.0. The maximum atomic E-state index is 9.03. The van der Waals surface area contributed by atoms with E-state index in [0.29, 0.717) is 12.1 Å². The predicted molar refractivity (Wildman–Crippen MR) is 245 cm³/mol. The minimum atomic E-state index is 0.472. The van der Waals surface area contributed by atoms with E-state index in [2.05, 4.69) is 152 Å². The number of nitrogens with zero attached hydrogens (tertiary/aromatic N) is 4. The molecule has 0 atom stereocenters. The summed E-state index contributed by atoms with van der Waals surface area (Å²) in [5, 5.41) is 9.49. The molecule has 0 aliphatic rings. The van der Waals surface area contributed by atoms with Crippen LogP contribution in [0.25, 0.3) is 76.2 Å². The molecule has 13 aromatic rings. The third kappa shape index (κ3) is 4.18. The van der Waals surface area contributed by atoms with Crippen LogP contribution in [-0.2, 0) is 0 Å². The van der Waals surface area contributed by atoms with Crippen LogP contribution >= 0.6 is 0 Å². The van der Waals surface area contributed by atoms with Crippen LogP contribution in [0, 0.1) is 0 Å². The second kappa shape index (κ2) is 11.8. The highest BCUT2D eigenvalue weighted by Gasteiger charge is 2.27. The van der Waals surface area contributed by atoms with Gasteiger partial charge in [-0.1, -0.05) is 121 Å². The van der Waals surface area contributed by atoms with Crippen LogP contribution in [0.1, 0.15) is 2.74 Å². The van der Waals surface area contributed by atoms with Crippen LogP contribution in [0.15, 0.2) is 206 Å². The van der Waals surface area contributed by atoms with Crippen LogP contribution in [0.3, 0.4) is 0 Å². The number of fused-ring (bicyclic) bond motifs is 12. The Hall–Kier alpha value is -7.82. The Morgan fingerprint density at radius 1 is 0.310 bits per heavy atom. The van der Waals surface area contributed by atoms with Crippen LogP contribution in [-0.4, -0.2) is 8.80 Å². The molecule has 0 amide bonds. The van der Waals surface area contributed by atoms with Gasteiger partial charge in [-0.15, -0.1) is 0 Å². The molecule has 4 nitrogen and oxygen atoms in total. The van der Waals surface area contributed by atoms with Crippen molar-refractivity contribution in [2.24, 2.45) is 0 Å². The number of rotatable bonds is 6. The molecular weight excluding hydrogens is 705 g/mol. The maximum absolute atomic E-state index is 9.03. The molecule has 9 aromatic carbocycles. The van der Waals surface area contributed by atoms with Crippen LogP contribution < -0.4 is 9.80 Å². The number of hydrogen-bond donors (Lipinski definition) is 0. The van der Waals surface area contributed by atoms with Gasteiger partial charge in [0.05, 0.1) is 47.2 Å². The van der Waals surface area contributed by atoms with Crippen LogP contribution in [0.5, 0.6) is 0 Å². The first-order valence-electron chi connectivity index (χ1n) is 20.8. The Kier molecular flexibility index (Phi) is 6.02. The van der Waals surface area contributed by atoms with Crippen LogP contribution in [0.2, 0.25) is 0 Å². The second-order valence-electron chi connectivity index (χ2n) is 15.1. The van der Waals surface area contributed by atoms with Crippen molar-refractivity contribution in [2.75, 3.05) is 9.80 Å². The van der Waals surface area contributed by atoms with E-state index in [9.17, 15) is 0 Å². The normalized spacial score (nSPS) is 12.6. The van der Waals surface area contributed by atoms with Crippen molar-refractivity contribution in [3.8, 4) is 0 Å². The van der Waals surface area contributed by atoms with Gasteiger partial charge >= 0.3 is 0 Å². The molecule has 0 spiro atoms. The number of hydrogen-bond acceptors (Lipinski definition) is 2. The molecule has 0 saturated carbocycles. The lowest BCUT2D eigenvalue weighted by atomic mass is 10.0. The fourth-order valence-corrected chi connectivity index (χ4v) is 9.86. The highest BCUT2D eigenvalue weighted by atomic mass is 15.2. The lowest BCUT2D eigenvalue weighted by molar-refractivity contribution is 1.30. The van der Waals surface area contributed by atoms with E-state index >= 15 is 0 Å². The molecule has 0 fully saturated rings. The Morgan fingerprint density at radius 3 is 1.12 bits per heavy atom. The molecule has 0 saturated heterocycles. The first-order valence-corrected chi connectivity index (χ1v) is 19.8. The average molecular weight is 741 g/mol. The summed E-state index contributed by atoms with van der Waals surface area (Å²) in [5.41, 5.74) is 12.8. The predicted octanol–water partition coefficient (Wildman–Crippen LogP) is 14.9. The molecule has 4 heteroatoms. The number of benzene rings is 9. The van der Waals surface area contributed by atoms with Crippen molar-refractivity contribution < 1.29 is 2.74 Å². The Bertz CT molecular complexity index is 3560. The van der Waals surface area contributed by atoms with Gasteiger partial charge in [0.15, 0.2) is 0 Å². The molecule has 0 aliphatic heterocycles. The van der Waals surface area contributed by atoms with E-state index in [4.69, 9.17) is 2.74 Å². The smallest absolute Gasteiger partial charge is 0.0645 e. The van der Waals surface area contributed by atoms with Gasteiger partial charge in [-0.25, -0.2) is 0 Å². The summed E-state index contributed by atoms with van der Waals surface area (Å²) in [6.07, 6.45) is 0. The van der Waals surface area contributed by atoms with Crippen molar-refractivity contribution in [1.29, 1.82) is 0 Å². The summed E-state index contributed by atoms with van der Waals surface area (Å²) in [5.74, 6) is 0. The summed E-state index contributed by atoms with van der Waals surface area (Å²) in [7, 11) is 0. The lowest BCUT2D eigenvalue weighted by Gasteiger charge is -2.26. The molecule has 0 radical (unpaired) electrons. The van der Waals surface area contributed by atoms with E-state index in [1.54, 1.807) is 0 Å². The minimum Gasteiger partial charge on any atom is -0.310 e. The Morgan fingerprint density at radius 2 is 0.690 bits per heavy atom. The molecule has 0 bridgehead atoms. The zero-order valence-corrected chi connectivity index (χ0v) is 31.3. The van der Waals surface area contributed by atoms with Crippen molar-refractivity contribution >= 4 is 110 Å². The molecular formula is C54H34N4. The topological polar surface area (TPSA) is 15.3 Å². The standard InChI is InChI=1S/C54H34N4/c1-5-17-35(18-6-1)55(36-19-7-2-8-20-36)47-31-29-39-43-33-50-44(34-49(43)57-45-27-15-13-25-41(45)51(47)53(39)57)40-30-32-48(52-42-26-14-16-28-46(42)58(50)54(40)52)56(37-21-9-3-10-22-37)38-23-11-4-12-24-38/h1-34H/i17D,21D. The summed E-state index contributed by atoms with van der Waals surface area (Å²) in [6.45, 7) is 0. The first-order chi connectivity index (χ1) is 29.7. The molecule has 58 heavy (non-hydrogen) atoms. The van der Waals surface area contributed by atoms with Gasteiger partial charge in [0.2, 0.25) is 0 Å². The van der Waals surface area contributed by atoms with Crippen LogP contribution in [0.4, 0.5) is 34.1 Å². The zero-order chi connectivity index (χ0) is 39.6. The van der Waals surface area contributed by atoms with Gasteiger partial charge < -0.3 is 18.6 Å². The molecule has 0 N–H and O–H groups in total. The average Bonchev–Trinajstić information content (AvgIpc) is 4.02. The van der Waals surface area contributed by atoms with E-state index in [1.807, 2.05) is 60.7 Å². The van der Waals surface area contributed by atoms with Gasteiger partial charge in [-0.2, -0.15) is 0 Å². The Balaban J connectivity index is 1.14. The summed E-state index contributed by atoms with van der Waals surface area (Å²) >= 11 is 0. The van der Waals surface area contributed by atoms with Crippen molar-refractivity contribution in [3.63, 3.8) is 0 Å². The number of aromatic nitrogens is 2. The highest BCUT2D eigenvalue weighted by Crippen LogP contribution is 2.51.